The van der Waals surface area contributed by atoms with Gasteiger partial charge in [0.15, 0.2) is 0 Å². The molecule has 106 valence electrons. The average Bonchev–Trinajstić information content (AvgIpc) is 2.46. The average molecular weight is 356 g/mol. The largest absolute Gasteiger partial charge is 0.497 e. The highest BCUT2D eigenvalue weighted by Crippen LogP contribution is 2.36. The Morgan fingerprint density at radius 2 is 1.90 bits per heavy atom. The summed E-state index contributed by atoms with van der Waals surface area (Å²) in [7, 11) is 3.31. The van der Waals surface area contributed by atoms with Crippen LogP contribution in [0.1, 0.15) is 16.0 Å². The third kappa shape index (κ3) is 3.68. The first-order valence-corrected chi connectivity index (χ1v) is 7.54. The zero-order chi connectivity index (χ0) is 14.5. The second-order valence-corrected chi connectivity index (χ2v) is 5.95. The highest BCUT2D eigenvalue weighted by Gasteiger charge is 2.14. The number of alkyl halides is 1. The molecule has 0 amide bonds. The normalized spacial score (nSPS) is 12.0. The molecule has 20 heavy (non-hydrogen) atoms. The van der Waals surface area contributed by atoms with E-state index in [1.54, 1.807) is 14.2 Å². The van der Waals surface area contributed by atoms with Crippen molar-refractivity contribution in [1.82, 2.24) is 0 Å². The molecule has 0 aromatic heterocycles. The van der Waals surface area contributed by atoms with Gasteiger partial charge in [-0.2, -0.15) is 0 Å². The van der Waals surface area contributed by atoms with E-state index in [1.165, 1.54) is 5.56 Å². The van der Waals surface area contributed by atoms with Crippen molar-refractivity contribution in [3.63, 3.8) is 0 Å². The Kier molecular flexibility index (Phi) is 5.32. The summed E-state index contributed by atoms with van der Waals surface area (Å²) in [6.45, 7) is 0. The van der Waals surface area contributed by atoms with Gasteiger partial charge in [-0.3, -0.25) is 0 Å². The van der Waals surface area contributed by atoms with Crippen molar-refractivity contribution in [3.05, 3.63) is 58.6 Å². The molecule has 0 aliphatic rings. The maximum Gasteiger partial charge on any atom is 0.126 e. The molecule has 2 aromatic rings. The maximum absolute atomic E-state index is 6.02. The molecule has 0 heterocycles. The van der Waals surface area contributed by atoms with Gasteiger partial charge in [0.1, 0.15) is 11.5 Å². The fraction of sp³-hybridized carbons (Fsp3) is 0.250. The Hall–Kier alpha value is -1.19. The van der Waals surface area contributed by atoms with Gasteiger partial charge in [0, 0.05) is 21.5 Å². The van der Waals surface area contributed by atoms with Crippen LogP contribution >= 0.6 is 27.5 Å². The van der Waals surface area contributed by atoms with E-state index in [1.807, 2.05) is 36.4 Å². The molecule has 0 bridgehead atoms. The van der Waals surface area contributed by atoms with E-state index >= 15 is 0 Å². The minimum Gasteiger partial charge on any atom is -0.497 e. The number of halogens is 2. The summed E-state index contributed by atoms with van der Waals surface area (Å²) >= 11 is 9.74. The molecule has 1 atom stereocenters. The van der Waals surface area contributed by atoms with Gasteiger partial charge in [-0.05, 0) is 30.2 Å². The van der Waals surface area contributed by atoms with Crippen LogP contribution in [0.3, 0.4) is 0 Å². The number of hydrogen-bond acceptors (Lipinski definition) is 2. The van der Waals surface area contributed by atoms with Gasteiger partial charge in [-0.1, -0.05) is 45.7 Å². The number of benzene rings is 2. The summed E-state index contributed by atoms with van der Waals surface area (Å²) in [5.74, 6) is 1.60. The van der Waals surface area contributed by atoms with E-state index in [0.717, 1.165) is 28.5 Å². The fourth-order valence-corrected chi connectivity index (χ4v) is 3.02. The molecule has 2 rings (SSSR count). The van der Waals surface area contributed by atoms with E-state index in [9.17, 15) is 0 Å². The van der Waals surface area contributed by atoms with Crippen LogP contribution in [0.5, 0.6) is 11.5 Å². The third-order valence-electron chi connectivity index (χ3n) is 3.08. The van der Waals surface area contributed by atoms with Crippen molar-refractivity contribution in [3.8, 4) is 11.5 Å². The van der Waals surface area contributed by atoms with Gasteiger partial charge in [-0.15, -0.1) is 0 Å². The lowest BCUT2D eigenvalue weighted by molar-refractivity contribution is 0.391. The van der Waals surface area contributed by atoms with E-state index in [2.05, 4.69) is 22.0 Å². The van der Waals surface area contributed by atoms with Crippen LogP contribution in [0, 0.1) is 0 Å². The fourth-order valence-electron chi connectivity index (χ4n) is 2.06. The first-order chi connectivity index (χ1) is 9.63. The van der Waals surface area contributed by atoms with Crippen LogP contribution in [0.15, 0.2) is 42.5 Å². The summed E-state index contributed by atoms with van der Waals surface area (Å²) in [4.78, 5) is 0.154. The summed E-state index contributed by atoms with van der Waals surface area (Å²) in [6.07, 6.45) is 0.837. The summed E-state index contributed by atoms with van der Waals surface area (Å²) in [5, 5.41) is 0.754. The molecule has 1 unspecified atom stereocenters. The van der Waals surface area contributed by atoms with Gasteiger partial charge in [-0.25, -0.2) is 0 Å². The van der Waals surface area contributed by atoms with Gasteiger partial charge >= 0.3 is 0 Å². The molecule has 0 spiro atoms. The number of ether oxygens (including phenoxy) is 2. The molecule has 2 nitrogen and oxygen atoms in total. The van der Waals surface area contributed by atoms with E-state index in [0.29, 0.717) is 0 Å². The molecule has 0 saturated carbocycles. The Morgan fingerprint density at radius 1 is 1.10 bits per heavy atom. The molecule has 4 heteroatoms. The van der Waals surface area contributed by atoms with Crippen LogP contribution < -0.4 is 9.47 Å². The number of methoxy groups -OCH3 is 2. The molecular formula is C16H16BrClO2. The Balaban J connectivity index is 2.22. The smallest absolute Gasteiger partial charge is 0.126 e. The predicted octanol–water partition coefficient (Wildman–Crippen LogP) is 5.04. The molecule has 2 aromatic carbocycles. The van der Waals surface area contributed by atoms with Crippen LogP contribution in [0.25, 0.3) is 0 Å². The van der Waals surface area contributed by atoms with Crippen LogP contribution in [-0.4, -0.2) is 14.2 Å². The molecule has 0 radical (unpaired) electrons. The molecule has 0 fully saturated rings. The predicted molar refractivity (Wildman–Crippen MR) is 86.4 cm³/mol. The first-order valence-electron chi connectivity index (χ1n) is 6.24. The molecule has 0 aliphatic heterocycles. The monoisotopic (exact) mass is 354 g/mol. The second-order valence-electron chi connectivity index (χ2n) is 4.41. The minimum atomic E-state index is 0.154. The van der Waals surface area contributed by atoms with Crippen molar-refractivity contribution in [2.75, 3.05) is 14.2 Å². The van der Waals surface area contributed by atoms with Crippen LogP contribution in [0.2, 0.25) is 5.02 Å². The topological polar surface area (TPSA) is 18.5 Å². The maximum atomic E-state index is 6.02. The highest BCUT2D eigenvalue weighted by molar-refractivity contribution is 9.09. The Labute approximate surface area is 132 Å². The number of hydrogen-bond donors (Lipinski definition) is 0. The second kappa shape index (κ2) is 7.00. The quantitative estimate of drug-likeness (QED) is 0.700. The molecule has 0 N–H and O–H groups in total. The lowest BCUT2D eigenvalue weighted by atomic mass is 10.0. The van der Waals surface area contributed by atoms with E-state index in [-0.39, 0.29) is 4.83 Å². The molecule has 0 aliphatic carbocycles. The number of rotatable bonds is 5. The Bertz CT molecular complexity index is 586. The van der Waals surface area contributed by atoms with Crippen LogP contribution in [0.4, 0.5) is 0 Å². The highest BCUT2D eigenvalue weighted by atomic mass is 79.9. The zero-order valence-corrected chi connectivity index (χ0v) is 13.7. The molecule has 0 saturated heterocycles. The van der Waals surface area contributed by atoms with Crippen LogP contribution in [-0.2, 0) is 6.42 Å². The lowest BCUT2D eigenvalue weighted by Crippen LogP contribution is -1.99. The zero-order valence-electron chi connectivity index (χ0n) is 11.4. The van der Waals surface area contributed by atoms with Crippen molar-refractivity contribution in [2.24, 2.45) is 0 Å². The standard InChI is InChI=1S/C16H16BrClO2/c1-19-13-6-7-14(16(10-13)20-2)15(17)9-11-4-3-5-12(18)8-11/h3-8,10,15H,9H2,1-2H3. The van der Waals surface area contributed by atoms with Gasteiger partial charge in [0.25, 0.3) is 0 Å². The van der Waals surface area contributed by atoms with E-state index in [4.69, 9.17) is 21.1 Å². The van der Waals surface area contributed by atoms with Crippen molar-refractivity contribution < 1.29 is 9.47 Å². The van der Waals surface area contributed by atoms with Gasteiger partial charge in [0.05, 0.1) is 14.2 Å². The minimum absolute atomic E-state index is 0.154. The van der Waals surface area contributed by atoms with Crippen molar-refractivity contribution >= 4 is 27.5 Å². The summed E-state index contributed by atoms with van der Waals surface area (Å²) < 4.78 is 10.6. The lowest BCUT2D eigenvalue weighted by Gasteiger charge is -2.15. The SMILES string of the molecule is COc1ccc(C(Br)Cc2cccc(Cl)c2)c(OC)c1. The summed E-state index contributed by atoms with van der Waals surface area (Å²) in [6, 6.07) is 13.7. The third-order valence-corrected chi connectivity index (χ3v) is 4.13. The van der Waals surface area contributed by atoms with Gasteiger partial charge < -0.3 is 9.47 Å². The van der Waals surface area contributed by atoms with Gasteiger partial charge in [0.2, 0.25) is 0 Å². The Morgan fingerprint density at radius 3 is 2.55 bits per heavy atom. The first kappa shape index (κ1) is 15.2. The summed E-state index contributed by atoms with van der Waals surface area (Å²) in [5.41, 5.74) is 2.27. The van der Waals surface area contributed by atoms with E-state index < -0.39 is 0 Å². The molecular weight excluding hydrogens is 340 g/mol. The van der Waals surface area contributed by atoms with Crippen molar-refractivity contribution in [1.29, 1.82) is 0 Å². The van der Waals surface area contributed by atoms with Crippen molar-refractivity contribution in [2.45, 2.75) is 11.2 Å².